The Kier molecular flexibility index (Phi) is 8.13. The van der Waals surface area contributed by atoms with Gasteiger partial charge in [-0.05, 0) is 34.8 Å². The largest absolute Gasteiger partial charge is 0.478 e. The van der Waals surface area contributed by atoms with Crippen LogP contribution >= 0.6 is 0 Å². The molecular weight excluding hydrogens is 561 g/mol. The Labute approximate surface area is 249 Å². The van der Waals surface area contributed by atoms with Crippen LogP contribution in [-0.2, 0) is 28.7 Å². The van der Waals surface area contributed by atoms with Gasteiger partial charge in [0.1, 0.15) is 29.7 Å². The number of carbonyl (C=O) groups is 4. The van der Waals surface area contributed by atoms with Crippen molar-refractivity contribution in [2.24, 2.45) is 22.7 Å². The van der Waals surface area contributed by atoms with Crippen LogP contribution in [0.5, 0.6) is 5.75 Å². The summed E-state index contributed by atoms with van der Waals surface area (Å²) in [5, 5.41) is 18.0. The molecule has 1 aromatic carbocycles. The van der Waals surface area contributed by atoms with E-state index in [0.29, 0.717) is 13.2 Å². The quantitative estimate of drug-likeness (QED) is 0.424. The Morgan fingerprint density at radius 1 is 1.21 bits per heavy atom. The molecule has 1 unspecified atom stereocenters. The molecule has 13 heteroatoms. The molecule has 232 valence electrons. The van der Waals surface area contributed by atoms with Gasteiger partial charge < -0.3 is 35.1 Å². The maximum absolute atomic E-state index is 14.1. The number of benzene rings is 1. The van der Waals surface area contributed by atoms with Crippen LogP contribution in [0.2, 0.25) is 0 Å². The lowest BCUT2D eigenvalue weighted by atomic mass is 9.85. The summed E-state index contributed by atoms with van der Waals surface area (Å²) >= 11 is 0. The van der Waals surface area contributed by atoms with Gasteiger partial charge >= 0.3 is 0 Å². The van der Waals surface area contributed by atoms with Crippen LogP contribution in [0, 0.1) is 39.8 Å². The summed E-state index contributed by atoms with van der Waals surface area (Å²) in [6.07, 6.45) is -2.09. The van der Waals surface area contributed by atoms with Crippen LogP contribution in [0.25, 0.3) is 0 Å². The highest BCUT2D eigenvalue weighted by Gasteiger charge is 2.69. The minimum atomic E-state index is -1.11. The van der Waals surface area contributed by atoms with Gasteiger partial charge in [-0.15, -0.1) is 0 Å². The maximum Gasteiger partial charge on any atom is 0.265 e. The van der Waals surface area contributed by atoms with E-state index < -0.39 is 65.2 Å². The standard InChI is InChI=1S/C30H38FN5O7/c1-29(2,3)24(35-26(38)21-14-41-8-9-42-21)28(40)36-13-17-22(30(17,4)5)23(36)27(39)33-16(12-32)11-20-25(37)34-18-10-15(31)6-7-19(18)43-20/h6-7,10,16-17,20-24H,8-9,11,13-14H2,1-5H3,(H,33,39)(H,34,37)(H,35,38)/t16-,17-,20-,21?,22-,23-,24+/m0/s1. The predicted molar refractivity (Wildman–Crippen MR) is 150 cm³/mol. The smallest absolute Gasteiger partial charge is 0.265 e. The number of amides is 4. The molecule has 3 aliphatic heterocycles. The average molecular weight is 600 g/mol. The first-order valence-corrected chi connectivity index (χ1v) is 14.5. The number of ether oxygens (including phenoxy) is 3. The van der Waals surface area contributed by atoms with E-state index in [-0.39, 0.29) is 48.3 Å². The fourth-order valence-corrected chi connectivity index (χ4v) is 6.39. The molecule has 0 bridgehead atoms. The van der Waals surface area contributed by atoms with Crippen molar-refractivity contribution >= 4 is 29.3 Å². The van der Waals surface area contributed by atoms with Gasteiger partial charge in [0.2, 0.25) is 11.8 Å². The van der Waals surface area contributed by atoms with Crippen molar-refractivity contribution in [2.75, 3.05) is 31.7 Å². The number of halogens is 1. The topological polar surface area (TPSA) is 159 Å². The van der Waals surface area contributed by atoms with E-state index in [0.717, 1.165) is 6.07 Å². The van der Waals surface area contributed by atoms with E-state index in [9.17, 15) is 28.8 Å². The molecule has 1 aliphatic carbocycles. The minimum absolute atomic E-state index is 0.0727. The fraction of sp³-hybridized carbons (Fsp3) is 0.633. The number of piperidine rings is 1. The van der Waals surface area contributed by atoms with Crippen LogP contribution in [0.15, 0.2) is 18.2 Å². The SMILES string of the molecule is CC(C)(C)[C@H](NC(=O)C1COCCO1)C(=O)N1C[C@H]2[C@@H]([C@H]1C(=O)N[C@H](C#N)C[C@@H]1Oc3ccc(F)cc3NC1=O)C2(C)C. The number of anilines is 1. The van der Waals surface area contributed by atoms with E-state index in [1.165, 1.54) is 17.0 Å². The first-order valence-electron chi connectivity index (χ1n) is 14.5. The molecular formula is C30H38FN5O7. The Balaban J connectivity index is 1.30. The monoisotopic (exact) mass is 599 g/mol. The lowest BCUT2D eigenvalue weighted by Gasteiger charge is -2.38. The molecule has 0 spiro atoms. The number of hydrogen-bond donors (Lipinski definition) is 3. The molecule has 3 N–H and O–H groups in total. The van der Waals surface area contributed by atoms with Crippen molar-refractivity contribution < 1.29 is 37.8 Å². The van der Waals surface area contributed by atoms with E-state index in [2.05, 4.69) is 16.0 Å². The zero-order chi connectivity index (χ0) is 31.3. The summed E-state index contributed by atoms with van der Waals surface area (Å²) in [6.45, 7) is 10.7. The molecule has 4 aliphatic rings. The normalized spacial score (nSPS) is 28.6. The zero-order valence-corrected chi connectivity index (χ0v) is 24.9. The number of rotatable bonds is 7. The Morgan fingerprint density at radius 2 is 1.95 bits per heavy atom. The molecule has 0 aromatic heterocycles. The van der Waals surface area contributed by atoms with E-state index in [4.69, 9.17) is 14.2 Å². The number of fused-ring (bicyclic) bond motifs is 2. The number of likely N-dealkylation sites (tertiary alicyclic amines) is 1. The van der Waals surface area contributed by atoms with Gasteiger partial charge in [-0.25, -0.2) is 4.39 Å². The molecule has 1 aromatic rings. The maximum atomic E-state index is 14.1. The lowest BCUT2D eigenvalue weighted by Crippen LogP contribution is -2.61. The second-order valence-corrected chi connectivity index (χ2v) is 13.3. The molecule has 2 saturated heterocycles. The Hall–Kier alpha value is -3.76. The van der Waals surface area contributed by atoms with Crippen LogP contribution in [-0.4, -0.2) is 85.2 Å². The van der Waals surface area contributed by atoms with Gasteiger partial charge in [-0.3, -0.25) is 19.2 Å². The van der Waals surface area contributed by atoms with Crippen molar-refractivity contribution in [3.05, 3.63) is 24.0 Å². The second kappa shape index (κ2) is 11.4. The highest BCUT2D eigenvalue weighted by atomic mass is 19.1. The third kappa shape index (κ3) is 6.03. The van der Waals surface area contributed by atoms with Gasteiger partial charge in [0.15, 0.2) is 12.2 Å². The summed E-state index contributed by atoms with van der Waals surface area (Å²) in [5.41, 5.74) is -0.699. The van der Waals surface area contributed by atoms with Gasteiger partial charge in [0.25, 0.3) is 11.8 Å². The molecule has 1 saturated carbocycles. The Bertz CT molecular complexity index is 1350. The molecule has 0 radical (unpaired) electrons. The fourth-order valence-electron chi connectivity index (χ4n) is 6.39. The molecule has 12 nitrogen and oxygen atoms in total. The van der Waals surface area contributed by atoms with Gasteiger partial charge in [0.05, 0.1) is 31.6 Å². The Morgan fingerprint density at radius 3 is 2.60 bits per heavy atom. The minimum Gasteiger partial charge on any atom is -0.478 e. The van der Waals surface area contributed by atoms with Gasteiger partial charge in [-0.1, -0.05) is 34.6 Å². The second-order valence-electron chi connectivity index (χ2n) is 13.3. The molecule has 5 rings (SSSR count). The zero-order valence-electron chi connectivity index (χ0n) is 24.9. The molecule has 43 heavy (non-hydrogen) atoms. The molecule has 3 heterocycles. The van der Waals surface area contributed by atoms with Crippen LogP contribution < -0.4 is 20.7 Å². The van der Waals surface area contributed by atoms with Crippen molar-refractivity contribution in [2.45, 2.75) is 71.4 Å². The summed E-state index contributed by atoms with van der Waals surface area (Å²) in [5.74, 6) is -2.29. The van der Waals surface area contributed by atoms with Crippen molar-refractivity contribution in [1.29, 1.82) is 5.26 Å². The van der Waals surface area contributed by atoms with Crippen LogP contribution in [0.3, 0.4) is 0 Å². The summed E-state index contributed by atoms with van der Waals surface area (Å²) in [7, 11) is 0. The first kappa shape index (κ1) is 30.7. The van der Waals surface area contributed by atoms with E-state index >= 15 is 0 Å². The predicted octanol–water partition coefficient (Wildman–Crippen LogP) is 1.35. The third-order valence-electron chi connectivity index (χ3n) is 8.95. The van der Waals surface area contributed by atoms with E-state index in [1.54, 1.807) is 0 Å². The molecule has 3 fully saturated rings. The number of nitriles is 1. The first-order chi connectivity index (χ1) is 20.2. The number of nitrogens with one attached hydrogen (secondary N) is 3. The molecule has 4 amide bonds. The van der Waals surface area contributed by atoms with Crippen LogP contribution in [0.4, 0.5) is 10.1 Å². The highest BCUT2D eigenvalue weighted by Crippen LogP contribution is 2.65. The number of hydrogen-bond acceptors (Lipinski definition) is 8. The highest BCUT2D eigenvalue weighted by molar-refractivity contribution is 5.98. The van der Waals surface area contributed by atoms with Crippen LogP contribution in [0.1, 0.15) is 41.0 Å². The molecule has 7 atom stereocenters. The third-order valence-corrected chi connectivity index (χ3v) is 8.95. The average Bonchev–Trinajstić information content (AvgIpc) is 3.27. The van der Waals surface area contributed by atoms with Gasteiger partial charge in [0, 0.05) is 19.0 Å². The summed E-state index contributed by atoms with van der Waals surface area (Å²) in [4.78, 5) is 55.0. The lowest BCUT2D eigenvalue weighted by molar-refractivity contribution is -0.153. The van der Waals surface area contributed by atoms with Crippen molar-refractivity contribution in [3.8, 4) is 11.8 Å². The number of nitrogens with zero attached hydrogens (tertiary/aromatic N) is 2. The number of carbonyl (C=O) groups excluding carboxylic acids is 4. The van der Waals surface area contributed by atoms with Crippen molar-refractivity contribution in [1.82, 2.24) is 15.5 Å². The van der Waals surface area contributed by atoms with Gasteiger partial charge in [-0.2, -0.15) is 5.26 Å². The van der Waals surface area contributed by atoms with E-state index in [1.807, 2.05) is 40.7 Å². The van der Waals surface area contributed by atoms with Crippen molar-refractivity contribution in [3.63, 3.8) is 0 Å². The summed E-state index contributed by atoms with van der Waals surface area (Å²) < 4.78 is 30.1. The summed E-state index contributed by atoms with van der Waals surface area (Å²) in [6, 6.07) is 2.81.